The Balaban J connectivity index is 0.00000341. The quantitative estimate of drug-likeness (QED) is 0.312. The van der Waals surface area contributed by atoms with Crippen LogP contribution in [0.5, 0.6) is 0 Å². The first-order valence-corrected chi connectivity index (χ1v) is 11.3. The van der Waals surface area contributed by atoms with Gasteiger partial charge >= 0.3 is 0 Å². The highest BCUT2D eigenvalue weighted by Gasteiger charge is 2.28. The van der Waals surface area contributed by atoms with Crippen molar-refractivity contribution in [3.8, 4) is 0 Å². The minimum atomic E-state index is -0.204. The molecule has 1 unspecified atom stereocenters. The standard InChI is InChI=1S/C23H38FN5O.HI/c1-23(2,29-11-5-4-6-12-29)18-27-22(25-3)26-17-21(28-13-15-30-16-14-28)19-7-9-20(24)10-8-19;/h7-10,21H,4-6,11-18H2,1-3H3,(H2,25,26,27);1H. The third kappa shape index (κ3) is 7.83. The van der Waals surface area contributed by atoms with Crippen molar-refractivity contribution >= 4 is 29.9 Å². The van der Waals surface area contributed by atoms with Crippen LogP contribution >= 0.6 is 24.0 Å². The Morgan fingerprint density at radius 2 is 1.71 bits per heavy atom. The summed E-state index contributed by atoms with van der Waals surface area (Å²) in [6.07, 6.45) is 3.92. The zero-order valence-corrected chi connectivity index (χ0v) is 21.5. The lowest BCUT2D eigenvalue weighted by Gasteiger charge is -2.41. The van der Waals surface area contributed by atoms with Crippen molar-refractivity contribution in [2.45, 2.75) is 44.7 Å². The average molecular weight is 548 g/mol. The first kappa shape index (κ1) is 26.3. The van der Waals surface area contributed by atoms with Crippen LogP contribution in [0.25, 0.3) is 0 Å². The van der Waals surface area contributed by atoms with Gasteiger partial charge in [0.1, 0.15) is 5.82 Å². The number of piperidine rings is 1. The molecule has 0 saturated carbocycles. The molecule has 2 N–H and O–H groups in total. The second kappa shape index (κ2) is 12.9. The molecule has 6 nitrogen and oxygen atoms in total. The molecule has 0 bridgehead atoms. The van der Waals surface area contributed by atoms with Crippen LogP contribution in [0, 0.1) is 5.82 Å². The van der Waals surface area contributed by atoms with Crippen LogP contribution in [0.4, 0.5) is 4.39 Å². The van der Waals surface area contributed by atoms with E-state index in [-0.39, 0.29) is 41.4 Å². The molecule has 176 valence electrons. The number of nitrogens with one attached hydrogen (secondary N) is 2. The van der Waals surface area contributed by atoms with E-state index in [9.17, 15) is 4.39 Å². The molecule has 0 spiro atoms. The van der Waals surface area contributed by atoms with E-state index < -0.39 is 0 Å². The summed E-state index contributed by atoms with van der Waals surface area (Å²) in [5.74, 6) is 0.602. The fraction of sp³-hybridized carbons (Fsp3) is 0.696. The zero-order valence-electron chi connectivity index (χ0n) is 19.2. The van der Waals surface area contributed by atoms with Crippen molar-refractivity contribution in [3.05, 3.63) is 35.6 Å². The van der Waals surface area contributed by atoms with E-state index in [0.29, 0.717) is 6.54 Å². The summed E-state index contributed by atoms with van der Waals surface area (Å²) in [5.41, 5.74) is 1.19. The lowest BCUT2D eigenvalue weighted by atomic mass is 9.98. The van der Waals surface area contributed by atoms with Crippen LogP contribution in [0.2, 0.25) is 0 Å². The van der Waals surface area contributed by atoms with Crippen LogP contribution in [0.15, 0.2) is 29.3 Å². The van der Waals surface area contributed by atoms with Gasteiger partial charge in [-0.1, -0.05) is 18.6 Å². The molecule has 0 aliphatic carbocycles. The predicted octanol–water partition coefficient (Wildman–Crippen LogP) is 3.25. The minimum Gasteiger partial charge on any atom is -0.379 e. The smallest absolute Gasteiger partial charge is 0.191 e. The van der Waals surface area contributed by atoms with Crippen molar-refractivity contribution in [3.63, 3.8) is 0 Å². The maximum atomic E-state index is 13.4. The van der Waals surface area contributed by atoms with Crippen LogP contribution in [-0.2, 0) is 4.74 Å². The molecule has 2 aliphatic heterocycles. The number of rotatable bonds is 7. The van der Waals surface area contributed by atoms with Gasteiger partial charge < -0.3 is 15.4 Å². The molecule has 1 aromatic rings. The summed E-state index contributed by atoms with van der Waals surface area (Å²) in [6, 6.07) is 6.98. The number of likely N-dealkylation sites (tertiary alicyclic amines) is 1. The zero-order chi connectivity index (χ0) is 21.4. The lowest BCUT2D eigenvalue weighted by Crippen LogP contribution is -2.55. The number of nitrogens with zero attached hydrogens (tertiary/aromatic N) is 3. The van der Waals surface area contributed by atoms with Crippen LogP contribution in [0.1, 0.15) is 44.7 Å². The van der Waals surface area contributed by atoms with Gasteiger partial charge in [0.15, 0.2) is 5.96 Å². The first-order valence-electron chi connectivity index (χ1n) is 11.3. The summed E-state index contributed by atoms with van der Waals surface area (Å²) >= 11 is 0. The Kier molecular flexibility index (Phi) is 10.9. The van der Waals surface area contributed by atoms with Crippen molar-refractivity contribution in [1.82, 2.24) is 20.4 Å². The lowest BCUT2D eigenvalue weighted by molar-refractivity contribution is 0.0169. The molecule has 2 fully saturated rings. The third-order valence-electron chi connectivity index (χ3n) is 6.33. The number of hydrogen-bond acceptors (Lipinski definition) is 4. The van der Waals surface area contributed by atoms with Gasteiger partial charge in [0, 0.05) is 38.8 Å². The molecular formula is C23H39FIN5O. The molecule has 2 aliphatic rings. The third-order valence-corrected chi connectivity index (χ3v) is 6.33. The highest BCUT2D eigenvalue weighted by atomic mass is 127. The number of halogens is 2. The summed E-state index contributed by atoms with van der Waals surface area (Å²) < 4.78 is 19.0. The Labute approximate surface area is 204 Å². The first-order chi connectivity index (χ1) is 14.5. The number of benzene rings is 1. The van der Waals surface area contributed by atoms with E-state index in [1.807, 2.05) is 19.2 Å². The number of morpholine rings is 1. The van der Waals surface area contributed by atoms with Crippen LogP contribution in [0.3, 0.4) is 0 Å². The highest BCUT2D eigenvalue weighted by molar-refractivity contribution is 14.0. The van der Waals surface area contributed by atoms with Gasteiger partial charge in [-0.2, -0.15) is 0 Å². The van der Waals surface area contributed by atoms with Gasteiger partial charge in [-0.3, -0.25) is 14.8 Å². The second-order valence-corrected chi connectivity index (χ2v) is 8.88. The highest BCUT2D eigenvalue weighted by Crippen LogP contribution is 2.22. The Morgan fingerprint density at radius 3 is 2.32 bits per heavy atom. The van der Waals surface area contributed by atoms with E-state index >= 15 is 0 Å². The van der Waals surface area contributed by atoms with Gasteiger partial charge in [-0.05, 0) is 57.5 Å². The fourth-order valence-corrected chi connectivity index (χ4v) is 4.36. The summed E-state index contributed by atoms with van der Waals surface area (Å²) in [7, 11) is 1.81. The van der Waals surface area contributed by atoms with Crippen LogP contribution < -0.4 is 10.6 Å². The van der Waals surface area contributed by atoms with Crippen LogP contribution in [-0.4, -0.2) is 80.8 Å². The van der Waals surface area contributed by atoms with E-state index in [1.54, 1.807) is 0 Å². The maximum absolute atomic E-state index is 13.4. The topological polar surface area (TPSA) is 52.1 Å². The average Bonchev–Trinajstić information content (AvgIpc) is 2.78. The Bertz CT molecular complexity index is 673. The van der Waals surface area contributed by atoms with Gasteiger partial charge in [-0.25, -0.2) is 4.39 Å². The molecule has 0 radical (unpaired) electrons. The van der Waals surface area contributed by atoms with Crippen molar-refractivity contribution < 1.29 is 9.13 Å². The van der Waals surface area contributed by atoms with E-state index in [2.05, 4.69) is 39.3 Å². The molecular weight excluding hydrogens is 508 g/mol. The molecule has 1 atom stereocenters. The minimum absolute atomic E-state index is 0. The van der Waals surface area contributed by atoms with Gasteiger partial charge in [0.05, 0.1) is 19.3 Å². The Morgan fingerprint density at radius 1 is 1.06 bits per heavy atom. The molecule has 2 saturated heterocycles. The van der Waals surface area contributed by atoms with Gasteiger partial charge in [-0.15, -0.1) is 24.0 Å². The molecule has 31 heavy (non-hydrogen) atoms. The fourth-order valence-electron chi connectivity index (χ4n) is 4.36. The van der Waals surface area contributed by atoms with E-state index in [4.69, 9.17) is 4.74 Å². The largest absolute Gasteiger partial charge is 0.379 e. The molecule has 3 rings (SSSR count). The van der Waals surface area contributed by atoms with Crippen molar-refractivity contribution in [1.29, 1.82) is 0 Å². The van der Waals surface area contributed by atoms with Gasteiger partial charge in [0.2, 0.25) is 0 Å². The maximum Gasteiger partial charge on any atom is 0.191 e. The van der Waals surface area contributed by atoms with E-state index in [0.717, 1.165) is 44.4 Å². The monoisotopic (exact) mass is 547 g/mol. The number of guanidine groups is 1. The molecule has 0 amide bonds. The Hall–Kier alpha value is -0.970. The SMILES string of the molecule is CN=C(NCC(c1ccc(F)cc1)N1CCOCC1)NCC(C)(C)N1CCCCC1.I. The van der Waals surface area contributed by atoms with E-state index in [1.165, 1.54) is 44.5 Å². The number of ether oxygens (including phenoxy) is 1. The molecule has 8 heteroatoms. The number of hydrogen-bond donors (Lipinski definition) is 2. The summed E-state index contributed by atoms with van der Waals surface area (Å²) in [5, 5.41) is 7.02. The number of aliphatic imine (C=N–C) groups is 1. The molecule has 2 heterocycles. The summed E-state index contributed by atoms with van der Waals surface area (Å²) in [6.45, 7) is 11.7. The predicted molar refractivity (Wildman–Crippen MR) is 136 cm³/mol. The summed E-state index contributed by atoms with van der Waals surface area (Å²) in [4.78, 5) is 9.41. The van der Waals surface area contributed by atoms with Gasteiger partial charge in [0.25, 0.3) is 0 Å². The molecule has 0 aromatic heterocycles. The normalized spacial score (nSPS) is 20.1. The van der Waals surface area contributed by atoms with Crippen molar-refractivity contribution in [2.24, 2.45) is 4.99 Å². The molecule has 1 aromatic carbocycles. The van der Waals surface area contributed by atoms with Crippen molar-refractivity contribution in [2.75, 3.05) is 59.5 Å². The second-order valence-electron chi connectivity index (χ2n) is 8.88.